The summed E-state index contributed by atoms with van der Waals surface area (Å²) in [6.07, 6.45) is 0.900. The Labute approximate surface area is 144 Å². The Kier molecular flexibility index (Phi) is 4.88. The highest BCUT2D eigenvalue weighted by Crippen LogP contribution is 2.29. The van der Waals surface area contributed by atoms with E-state index in [-0.39, 0.29) is 17.3 Å². The molecule has 0 aromatic heterocycles. The fourth-order valence-electron chi connectivity index (χ4n) is 2.62. The first-order valence-corrected chi connectivity index (χ1v) is 7.91. The van der Waals surface area contributed by atoms with Crippen molar-refractivity contribution in [2.45, 2.75) is 12.8 Å². The molecule has 0 atom stereocenters. The van der Waals surface area contributed by atoms with Crippen molar-refractivity contribution in [1.82, 2.24) is 0 Å². The SMILES string of the molecule is COc1ccc2c(c1)OCCC2=O.O=C1CCOc2cc(O)ccc21. The zero-order valence-electron chi connectivity index (χ0n) is 13.8. The zero-order chi connectivity index (χ0) is 17.8. The summed E-state index contributed by atoms with van der Waals surface area (Å²) in [5.74, 6) is 2.19. The van der Waals surface area contributed by atoms with E-state index in [2.05, 4.69) is 0 Å². The van der Waals surface area contributed by atoms with Gasteiger partial charge in [-0.05, 0) is 24.3 Å². The van der Waals surface area contributed by atoms with Crippen LogP contribution in [0.15, 0.2) is 36.4 Å². The summed E-state index contributed by atoms with van der Waals surface area (Å²) < 4.78 is 15.6. The lowest BCUT2D eigenvalue weighted by Crippen LogP contribution is -2.14. The van der Waals surface area contributed by atoms with Crippen LogP contribution in [0.3, 0.4) is 0 Å². The highest BCUT2D eigenvalue weighted by molar-refractivity contribution is 6.00. The van der Waals surface area contributed by atoms with Crippen LogP contribution in [0.1, 0.15) is 33.6 Å². The van der Waals surface area contributed by atoms with E-state index in [9.17, 15) is 9.59 Å². The standard InChI is InChI=1S/C10H10O3.C9H8O3/c1-12-7-2-3-8-9(11)4-5-13-10(8)6-7;10-6-1-2-7-8(11)3-4-12-9(7)5-6/h2-3,6H,4-5H2,1H3;1-2,5,10H,3-4H2. The van der Waals surface area contributed by atoms with Gasteiger partial charge < -0.3 is 19.3 Å². The molecule has 0 bridgehead atoms. The Hall–Kier alpha value is -3.02. The molecule has 2 heterocycles. The third kappa shape index (κ3) is 3.74. The van der Waals surface area contributed by atoms with Crippen molar-refractivity contribution in [3.63, 3.8) is 0 Å². The number of hydrogen-bond donors (Lipinski definition) is 1. The number of phenols is 1. The minimum Gasteiger partial charge on any atom is -0.508 e. The molecule has 0 saturated carbocycles. The summed E-state index contributed by atoms with van der Waals surface area (Å²) in [6.45, 7) is 0.883. The molecule has 2 aliphatic heterocycles. The third-order valence-electron chi connectivity index (χ3n) is 3.93. The number of phenolic OH excluding ortho intramolecular Hbond substituents is 1. The normalized spacial score (nSPS) is 14.9. The van der Waals surface area contributed by atoms with Crippen LogP contribution in [-0.4, -0.2) is 37.0 Å². The first-order chi connectivity index (χ1) is 12.1. The number of methoxy groups -OCH3 is 1. The fourth-order valence-corrected chi connectivity index (χ4v) is 2.62. The molecule has 0 amide bonds. The van der Waals surface area contributed by atoms with E-state index in [0.717, 1.165) is 0 Å². The predicted molar refractivity (Wildman–Crippen MR) is 90.0 cm³/mol. The van der Waals surface area contributed by atoms with Crippen molar-refractivity contribution in [3.05, 3.63) is 47.5 Å². The van der Waals surface area contributed by atoms with E-state index in [4.69, 9.17) is 19.3 Å². The number of hydrogen-bond acceptors (Lipinski definition) is 6. The van der Waals surface area contributed by atoms with Crippen LogP contribution in [-0.2, 0) is 0 Å². The average Bonchev–Trinajstić information content (AvgIpc) is 2.62. The van der Waals surface area contributed by atoms with Crippen molar-refractivity contribution in [3.8, 4) is 23.0 Å². The average molecular weight is 342 g/mol. The second-order valence-corrected chi connectivity index (χ2v) is 5.59. The number of carbonyl (C=O) groups excluding carboxylic acids is 2. The number of ketones is 2. The first kappa shape index (κ1) is 16.8. The van der Waals surface area contributed by atoms with Crippen LogP contribution in [0.4, 0.5) is 0 Å². The largest absolute Gasteiger partial charge is 0.508 e. The number of ether oxygens (including phenoxy) is 3. The van der Waals surface area contributed by atoms with Crippen LogP contribution in [0, 0.1) is 0 Å². The molecule has 25 heavy (non-hydrogen) atoms. The van der Waals surface area contributed by atoms with Crippen molar-refractivity contribution in [2.24, 2.45) is 0 Å². The van der Waals surface area contributed by atoms with Gasteiger partial charge in [0.05, 0.1) is 31.5 Å². The lowest BCUT2D eigenvalue weighted by atomic mass is 10.1. The van der Waals surface area contributed by atoms with Crippen LogP contribution in [0.25, 0.3) is 0 Å². The molecule has 0 spiro atoms. The Morgan fingerprint density at radius 2 is 1.44 bits per heavy atom. The van der Waals surface area contributed by atoms with Gasteiger partial charge in [0.15, 0.2) is 11.6 Å². The molecule has 2 aliphatic rings. The van der Waals surface area contributed by atoms with Gasteiger partial charge in [-0.25, -0.2) is 0 Å². The molecule has 130 valence electrons. The molecule has 2 aromatic rings. The molecule has 6 heteroatoms. The van der Waals surface area contributed by atoms with Crippen LogP contribution >= 0.6 is 0 Å². The van der Waals surface area contributed by atoms with E-state index >= 15 is 0 Å². The number of rotatable bonds is 1. The molecule has 0 aliphatic carbocycles. The second kappa shape index (κ2) is 7.25. The monoisotopic (exact) mass is 342 g/mol. The van der Waals surface area contributed by atoms with Crippen LogP contribution in [0.5, 0.6) is 23.0 Å². The molecule has 0 radical (unpaired) electrons. The minimum absolute atomic E-state index is 0.0799. The summed E-state index contributed by atoms with van der Waals surface area (Å²) in [5, 5.41) is 9.08. The van der Waals surface area contributed by atoms with Crippen molar-refractivity contribution >= 4 is 11.6 Å². The number of aromatic hydroxyl groups is 1. The molecular weight excluding hydrogens is 324 g/mol. The van der Waals surface area contributed by atoms with Crippen molar-refractivity contribution in [2.75, 3.05) is 20.3 Å². The van der Waals surface area contributed by atoms with Gasteiger partial charge in [0.25, 0.3) is 0 Å². The topological polar surface area (TPSA) is 82.1 Å². The predicted octanol–water partition coefficient (Wildman–Crippen LogP) is 3.02. The van der Waals surface area contributed by atoms with Gasteiger partial charge in [-0.1, -0.05) is 0 Å². The second-order valence-electron chi connectivity index (χ2n) is 5.59. The van der Waals surface area contributed by atoms with Crippen LogP contribution < -0.4 is 14.2 Å². The zero-order valence-corrected chi connectivity index (χ0v) is 13.8. The summed E-state index contributed by atoms with van der Waals surface area (Å²) in [4.78, 5) is 22.6. The number of benzene rings is 2. The Morgan fingerprint density at radius 1 is 0.880 bits per heavy atom. The van der Waals surface area contributed by atoms with Crippen molar-refractivity contribution < 1.29 is 28.9 Å². The van der Waals surface area contributed by atoms with E-state index in [1.807, 2.05) is 0 Å². The molecule has 2 aromatic carbocycles. The maximum absolute atomic E-state index is 11.4. The summed E-state index contributed by atoms with van der Waals surface area (Å²) in [5.41, 5.74) is 1.23. The number of Topliss-reactive ketones (excluding diaryl/α,β-unsaturated/α-hetero) is 2. The highest BCUT2D eigenvalue weighted by atomic mass is 16.5. The van der Waals surface area contributed by atoms with E-state index in [1.165, 1.54) is 12.1 Å². The molecule has 0 saturated heterocycles. The number of carbonyl (C=O) groups is 2. The lowest BCUT2D eigenvalue weighted by molar-refractivity contribution is 0.0924. The first-order valence-electron chi connectivity index (χ1n) is 7.91. The van der Waals surface area contributed by atoms with Gasteiger partial charge in [-0.2, -0.15) is 0 Å². The smallest absolute Gasteiger partial charge is 0.169 e. The highest BCUT2D eigenvalue weighted by Gasteiger charge is 2.19. The summed E-state index contributed by atoms with van der Waals surface area (Å²) in [6, 6.07) is 9.80. The van der Waals surface area contributed by atoms with Crippen molar-refractivity contribution in [1.29, 1.82) is 0 Å². The third-order valence-corrected chi connectivity index (χ3v) is 3.93. The molecule has 0 fully saturated rings. The van der Waals surface area contributed by atoms with Gasteiger partial charge >= 0.3 is 0 Å². The summed E-state index contributed by atoms with van der Waals surface area (Å²) in [7, 11) is 1.59. The van der Waals surface area contributed by atoms with E-state index in [0.29, 0.717) is 54.4 Å². The molecule has 6 nitrogen and oxygen atoms in total. The lowest BCUT2D eigenvalue weighted by Gasteiger charge is -2.16. The van der Waals surface area contributed by atoms with Gasteiger partial charge in [0.2, 0.25) is 0 Å². The quantitative estimate of drug-likeness (QED) is 0.858. The van der Waals surface area contributed by atoms with E-state index < -0.39 is 0 Å². The Morgan fingerprint density at radius 3 is 2.04 bits per heavy atom. The molecular formula is C19H18O6. The molecule has 1 N–H and O–H groups in total. The van der Waals surface area contributed by atoms with Crippen LogP contribution in [0.2, 0.25) is 0 Å². The van der Waals surface area contributed by atoms with Gasteiger partial charge in [0.1, 0.15) is 23.0 Å². The van der Waals surface area contributed by atoms with Gasteiger partial charge in [-0.3, -0.25) is 9.59 Å². The minimum atomic E-state index is 0.0799. The van der Waals surface area contributed by atoms with E-state index in [1.54, 1.807) is 31.4 Å². The number of fused-ring (bicyclic) bond motifs is 2. The Balaban J connectivity index is 0.000000146. The maximum Gasteiger partial charge on any atom is 0.169 e. The molecule has 0 unspecified atom stereocenters. The van der Waals surface area contributed by atoms with Gasteiger partial charge in [-0.15, -0.1) is 0 Å². The maximum atomic E-state index is 11.4. The molecule has 4 rings (SSSR count). The van der Waals surface area contributed by atoms with Gasteiger partial charge in [0, 0.05) is 25.0 Å². The Bertz CT molecular complexity index is 812. The fraction of sp³-hybridized carbons (Fsp3) is 0.263. The summed E-state index contributed by atoms with van der Waals surface area (Å²) >= 11 is 0.